The smallest absolute Gasteiger partial charge is 0.223 e. The summed E-state index contributed by atoms with van der Waals surface area (Å²) in [4.78, 5) is 7.79. The van der Waals surface area contributed by atoms with Crippen LogP contribution in [0.15, 0.2) is 6.20 Å². The molecule has 16 heavy (non-hydrogen) atoms. The summed E-state index contributed by atoms with van der Waals surface area (Å²) < 4.78 is 0. The Hall–Kier alpha value is -0.420. The van der Waals surface area contributed by atoms with Gasteiger partial charge in [-0.15, -0.1) is 0 Å². The molecule has 0 spiro atoms. The third-order valence-electron chi connectivity index (χ3n) is 2.65. The molecule has 4 nitrogen and oxygen atoms in total. The van der Waals surface area contributed by atoms with E-state index in [0.29, 0.717) is 17.7 Å². The zero-order valence-electron chi connectivity index (χ0n) is 8.84. The van der Waals surface area contributed by atoms with Crippen LogP contribution in [0.4, 0.5) is 0 Å². The van der Waals surface area contributed by atoms with Crippen LogP contribution in [0.5, 0.6) is 0 Å². The fraction of sp³-hybridized carbons (Fsp3) is 0.600. The number of nitrogens with zero attached hydrogens (tertiary/aromatic N) is 2. The van der Waals surface area contributed by atoms with Crippen molar-refractivity contribution in [2.24, 2.45) is 0 Å². The third-order valence-corrected chi connectivity index (χ3v) is 3.16. The quantitative estimate of drug-likeness (QED) is 0.639. The molecule has 0 bridgehead atoms. The van der Waals surface area contributed by atoms with Crippen molar-refractivity contribution in [2.75, 3.05) is 13.1 Å². The maximum Gasteiger partial charge on any atom is 0.223 e. The van der Waals surface area contributed by atoms with E-state index in [2.05, 4.69) is 20.6 Å². The van der Waals surface area contributed by atoms with Crippen LogP contribution in [0.3, 0.4) is 0 Å². The molecule has 2 heterocycles. The Kier molecular flexibility index (Phi) is 4.35. The highest BCUT2D eigenvalue weighted by Crippen LogP contribution is 2.13. The lowest BCUT2D eigenvalue weighted by Crippen LogP contribution is -2.33. The van der Waals surface area contributed by atoms with Gasteiger partial charge in [-0.25, -0.2) is 9.97 Å². The van der Waals surface area contributed by atoms with Gasteiger partial charge in [0.25, 0.3) is 0 Å². The highest BCUT2D eigenvalue weighted by molar-refractivity contribution is 6.32. The summed E-state index contributed by atoms with van der Waals surface area (Å²) in [6.45, 7) is 2.74. The minimum atomic E-state index is 0.186. The molecule has 0 saturated carbocycles. The zero-order valence-corrected chi connectivity index (χ0v) is 10.4. The number of hydrogen-bond donors (Lipinski definition) is 2. The van der Waals surface area contributed by atoms with Crippen molar-refractivity contribution in [2.45, 2.75) is 25.4 Å². The Labute approximate surface area is 105 Å². The van der Waals surface area contributed by atoms with Gasteiger partial charge in [0.2, 0.25) is 5.28 Å². The van der Waals surface area contributed by atoms with Crippen LogP contribution in [0.2, 0.25) is 10.4 Å². The molecule has 1 saturated heterocycles. The molecule has 0 aliphatic carbocycles. The Morgan fingerprint density at radius 2 is 2.38 bits per heavy atom. The van der Waals surface area contributed by atoms with Gasteiger partial charge in [-0.1, -0.05) is 11.6 Å². The van der Waals surface area contributed by atoms with E-state index < -0.39 is 0 Å². The topological polar surface area (TPSA) is 49.8 Å². The lowest BCUT2D eigenvalue weighted by molar-refractivity contribution is 0.535. The molecule has 1 aromatic rings. The number of halogens is 2. The van der Waals surface area contributed by atoms with E-state index in [1.165, 1.54) is 12.8 Å². The first-order valence-corrected chi connectivity index (χ1v) is 6.12. The minimum absolute atomic E-state index is 0.186. The predicted molar refractivity (Wildman–Crippen MR) is 64.8 cm³/mol. The van der Waals surface area contributed by atoms with Crippen LogP contribution in [0.1, 0.15) is 18.4 Å². The van der Waals surface area contributed by atoms with Gasteiger partial charge in [-0.3, -0.25) is 0 Å². The summed E-state index contributed by atoms with van der Waals surface area (Å²) in [6.07, 6.45) is 4.15. The molecular weight excluding hydrogens is 247 g/mol. The number of rotatable bonds is 4. The summed E-state index contributed by atoms with van der Waals surface area (Å²) in [5.41, 5.74) is 0.879. The molecule has 1 aromatic heterocycles. The molecule has 1 atom stereocenters. The van der Waals surface area contributed by atoms with Gasteiger partial charge in [0.15, 0.2) is 0 Å². The van der Waals surface area contributed by atoms with Crippen molar-refractivity contribution in [3.05, 3.63) is 22.2 Å². The van der Waals surface area contributed by atoms with Crippen molar-refractivity contribution in [3.8, 4) is 0 Å². The molecule has 1 aliphatic heterocycles. The van der Waals surface area contributed by atoms with Crippen LogP contribution in [-0.2, 0) is 6.54 Å². The summed E-state index contributed by atoms with van der Waals surface area (Å²) in [7, 11) is 0. The van der Waals surface area contributed by atoms with Crippen LogP contribution >= 0.6 is 23.2 Å². The Bertz CT molecular complexity index is 353. The van der Waals surface area contributed by atoms with E-state index in [4.69, 9.17) is 23.2 Å². The zero-order chi connectivity index (χ0) is 11.4. The summed E-state index contributed by atoms with van der Waals surface area (Å²) in [6, 6.07) is 0.576. The van der Waals surface area contributed by atoms with Crippen LogP contribution in [-0.4, -0.2) is 29.1 Å². The number of hydrogen-bond acceptors (Lipinski definition) is 4. The standard InChI is InChI=1S/C10H14Cl2N4/c11-9-7(5-15-10(12)16-9)4-13-6-8-2-1-3-14-8/h5,8,13-14H,1-4,6H2. The average molecular weight is 261 g/mol. The van der Waals surface area contributed by atoms with Crippen molar-refractivity contribution < 1.29 is 0 Å². The van der Waals surface area contributed by atoms with Gasteiger partial charge in [-0.05, 0) is 31.0 Å². The Morgan fingerprint density at radius 3 is 3.06 bits per heavy atom. The molecule has 2 N–H and O–H groups in total. The predicted octanol–water partition coefficient (Wildman–Crippen LogP) is 1.62. The normalized spacial score (nSPS) is 20.2. The molecule has 88 valence electrons. The van der Waals surface area contributed by atoms with E-state index in [-0.39, 0.29) is 5.28 Å². The molecule has 2 rings (SSSR count). The van der Waals surface area contributed by atoms with Crippen molar-refractivity contribution in [1.29, 1.82) is 0 Å². The van der Waals surface area contributed by atoms with E-state index in [9.17, 15) is 0 Å². The van der Waals surface area contributed by atoms with Gasteiger partial charge in [-0.2, -0.15) is 0 Å². The van der Waals surface area contributed by atoms with E-state index in [0.717, 1.165) is 18.7 Å². The summed E-state index contributed by atoms with van der Waals surface area (Å²) in [5, 5.41) is 7.36. The maximum absolute atomic E-state index is 5.93. The number of nitrogens with one attached hydrogen (secondary N) is 2. The van der Waals surface area contributed by atoms with Gasteiger partial charge in [0, 0.05) is 30.9 Å². The van der Waals surface area contributed by atoms with Gasteiger partial charge < -0.3 is 10.6 Å². The third kappa shape index (κ3) is 3.28. The minimum Gasteiger partial charge on any atom is -0.313 e. The molecule has 0 amide bonds. The first kappa shape index (κ1) is 12.0. The van der Waals surface area contributed by atoms with E-state index >= 15 is 0 Å². The number of aromatic nitrogens is 2. The van der Waals surface area contributed by atoms with Gasteiger partial charge >= 0.3 is 0 Å². The van der Waals surface area contributed by atoms with Crippen molar-refractivity contribution in [3.63, 3.8) is 0 Å². The highest BCUT2D eigenvalue weighted by Gasteiger charge is 2.13. The van der Waals surface area contributed by atoms with Crippen molar-refractivity contribution in [1.82, 2.24) is 20.6 Å². The van der Waals surface area contributed by atoms with E-state index in [1.807, 2.05) is 0 Å². The summed E-state index contributed by atoms with van der Waals surface area (Å²) >= 11 is 11.6. The molecule has 0 aromatic carbocycles. The lowest BCUT2D eigenvalue weighted by atomic mass is 10.2. The summed E-state index contributed by atoms with van der Waals surface area (Å²) in [5.74, 6) is 0. The molecule has 1 aliphatic rings. The van der Waals surface area contributed by atoms with Crippen LogP contribution in [0.25, 0.3) is 0 Å². The van der Waals surface area contributed by atoms with Gasteiger partial charge in [0.1, 0.15) is 5.15 Å². The SMILES string of the molecule is Clc1ncc(CNCC2CCCN2)c(Cl)n1. The largest absolute Gasteiger partial charge is 0.313 e. The highest BCUT2D eigenvalue weighted by atomic mass is 35.5. The molecule has 6 heteroatoms. The molecule has 1 fully saturated rings. The lowest BCUT2D eigenvalue weighted by Gasteiger charge is -2.11. The fourth-order valence-corrected chi connectivity index (χ4v) is 2.17. The van der Waals surface area contributed by atoms with Crippen LogP contribution in [0, 0.1) is 0 Å². The molecule has 0 radical (unpaired) electrons. The van der Waals surface area contributed by atoms with Crippen LogP contribution < -0.4 is 10.6 Å². The monoisotopic (exact) mass is 260 g/mol. The molecular formula is C10H14Cl2N4. The maximum atomic E-state index is 5.93. The second-order valence-electron chi connectivity index (χ2n) is 3.88. The molecule has 1 unspecified atom stereocenters. The van der Waals surface area contributed by atoms with Gasteiger partial charge in [0.05, 0.1) is 0 Å². The average Bonchev–Trinajstić information content (AvgIpc) is 2.74. The Morgan fingerprint density at radius 1 is 1.50 bits per heavy atom. The second-order valence-corrected chi connectivity index (χ2v) is 4.58. The Balaban J connectivity index is 1.80. The fourth-order valence-electron chi connectivity index (χ4n) is 1.80. The second kappa shape index (κ2) is 5.77. The van der Waals surface area contributed by atoms with Crippen molar-refractivity contribution >= 4 is 23.2 Å². The van der Waals surface area contributed by atoms with E-state index in [1.54, 1.807) is 6.20 Å². The first-order valence-electron chi connectivity index (χ1n) is 5.37. The first-order chi connectivity index (χ1) is 7.75.